The van der Waals surface area contributed by atoms with Crippen molar-refractivity contribution in [1.29, 1.82) is 0 Å². The minimum absolute atomic E-state index is 0.300. The Hall–Kier alpha value is -0.410. The number of carbonyl (C=O) groups is 1. The van der Waals surface area contributed by atoms with Crippen LogP contribution < -0.4 is 0 Å². The number of hydrogen-bond acceptors (Lipinski definition) is 3. The molecule has 0 N–H and O–H groups in total. The van der Waals surface area contributed by atoms with Crippen molar-refractivity contribution < 1.29 is 9.53 Å². The van der Waals surface area contributed by atoms with Gasteiger partial charge in [-0.15, -0.1) is 0 Å². The van der Waals surface area contributed by atoms with Crippen LogP contribution in [0.2, 0.25) is 0 Å². The lowest BCUT2D eigenvalue weighted by Crippen LogP contribution is -2.54. The van der Waals surface area contributed by atoms with Gasteiger partial charge in [0.05, 0.1) is 12.7 Å². The lowest BCUT2D eigenvalue weighted by molar-refractivity contribution is -0.130. The molecule has 2 saturated carbocycles. The van der Waals surface area contributed by atoms with Gasteiger partial charge in [0.2, 0.25) is 0 Å². The van der Waals surface area contributed by atoms with E-state index in [9.17, 15) is 4.79 Å². The smallest absolute Gasteiger partial charge is 0.137 e. The number of rotatable bonds is 3. The molecule has 0 spiro atoms. The highest BCUT2D eigenvalue weighted by Crippen LogP contribution is 2.33. The minimum atomic E-state index is 0.300. The highest BCUT2D eigenvalue weighted by molar-refractivity contribution is 5.82. The Bertz CT molecular complexity index is 342. The summed E-state index contributed by atoms with van der Waals surface area (Å²) in [5.41, 5.74) is 0. The van der Waals surface area contributed by atoms with E-state index < -0.39 is 0 Å². The van der Waals surface area contributed by atoms with E-state index in [0.29, 0.717) is 23.8 Å². The molecular weight excluding hydrogens is 250 g/mol. The van der Waals surface area contributed by atoms with Crippen LogP contribution in [0.4, 0.5) is 0 Å². The number of morpholine rings is 1. The highest BCUT2D eigenvalue weighted by Gasteiger charge is 2.37. The summed E-state index contributed by atoms with van der Waals surface area (Å²) in [6.07, 6.45) is 9.89. The van der Waals surface area contributed by atoms with Gasteiger partial charge in [0.1, 0.15) is 5.78 Å². The van der Waals surface area contributed by atoms with Crippen molar-refractivity contribution in [2.45, 2.75) is 70.4 Å². The third-order valence-corrected chi connectivity index (χ3v) is 5.75. The first kappa shape index (κ1) is 14.5. The molecule has 0 aromatic rings. The van der Waals surface area contributed by atoms with E-state index in [-0.39, 0.29) is 0 Å². The predicted molar refractivity (Wildman–Crippen MR) is 79.7 cm³/mol. The Morgan fingerprint density at radius 2 is 2.10 bits per heavy atom. The fraction of sp³-hybridized carbons (Fsp3) is 0.941. The topological polar surface area (TPSA) is 29.5 Å². The van der Waals surface area contributed by atoms with Gasteiger partial charge in [-0.25, -0.2) is 0 Å². The van der Waals surface area contributed by atoms with Crippen LogP contribution in [0.15, 0.2) is 0 Å². The van der Waals surface area contributed by atoms with Crippen LogP contribution in [0.5, 0.6) is 0 Å². The largest absolute Gasteiger partial charge is 0.375 e. The number of ether oxygens (including phenoxy) is 1. The molecule has 114 valence electrons. The molecule has 0 bridgehead atoms. The van der Waals surface area contributed by atoms with Gasteiger partial charge >= 0.3 is 0 Å². The molecule has 1 aliphatic heterocycles. The lowest BCUT2D eigenvalue weighted by atomic mass is 9.78. The molecule has 3 rings (SSSR count). The molecule has 3 fully saturated rings. The third-order valence-electron chi connectivity index (χ3n) is 5.75. The maximum atomic E-state index is 12.2. The number of fused-ring (bicyclic) bond motifs is 1. The van der Waals surface area contributed by atoms with Gasteiger partial charge in [0.15, 0.2) is 0 Å². The second-order valence-corrected chi connectivity index (χ2v) is 6.97. The molecule has 0 aromatic carbocycles. The van der Waals surface area contributed by atoms with Crippen molar-refractivity contribution in [1.82, 2.24) is 4.90 Å². The van der Waals surface area contributed by atoms with Crippen LogP contribution >= 0.6 is 0 Å². The second kappa shape index (κ2) is 6.57. The second-order valence-electron chi connectivity index (χ2n) is 6.97. The molecule has 20 heavy (non-hydrogen) atoms. The summed E-state index contributed by atoms with van der Waals surface area (Å²) in [6, 6.07) is 0.590. The van der Waals surface area contributed by atoms with E-state index in [1.165, 1.54) is 32.1 Å². The number of hydrogen-bond donors (Lipinski definition) is 0. The predicted octanol–water partition coefficient (Wildman–Crippen LogP) is 3.03. The van der Waals surface area contributed by atoms with Gasteiger partial charge in [0.25, 0.3) is 0 Å². The van der Waals surface area contributed by atoms with Crippen molar-refractivity contribution in [3.8, 4) is 0 Å². The molecule has 0 aromatic heterocycles. The molecule has 1 saturated heterocycles. The Morgan fingerprint density at radius 3 is 2.95 bits per heavy atom. The van der Waals surface area contributed by atoms with E-state index in [4.69, 9.17) is 4.74 Å². The van der Waals surface area contributed by atoms with Crippen molar-refractivity contribution in [3.63, 3.8) is 0 Å². The van der Waals surface area contributed by atoms with Gasteiger partial charge in [-0.05, 0) is 31.6 Å². The van der Waals surface area contributed by atoms with Gasteiger partial charge < -0.3 is 4.74 Å². The van der Waals surface area contributed by atoms with Crippen LogP contribution in [0.1, 0.15) is 58.3 Å². The van der Waals surface area contributed by atoms with Gasteiger partial charge in [-0.1, -0.05) is 26.2 Å². The maximum Gasteiger partial charge on any atom is 0.137 e. The van der Waals surface area contributed by atoms with Crippen molar-refractivity contribution in [3.05, 3.63) is 0 Å². The molecule has 3 heteroatoms. The highest BCUT2D eigenvalue weighted by atomic mass is 16.5. The lowest BCUT2D eigenvalue weighted by Gasteiger charge is -2.45. The van der Waals surface area contributed by atoms with Gasteiger partial charge in [-0.2, -0.15) is 0 Å². The molecule has 2 aliphatic carbocycles. The molecule has 0 radical (unpaired) electrons. The van der Waals surface area contributed by atoms with Crippen LogP contribution in [0.25, 0.3) is 0 Å². The van der Waals surface area contributed by atoms with Crippen molar-refractivity contribution in [2.75, 3.05) is 19.7 Å². The SMILES string of the molecule is CCC1CCC(=O)C(CN2CCOC3CCCCC32)C1. The molecular formula is C17H29NO2. The molecule has 0 amide bonds. The number of carbonyl (C=O) groups excluding carboxylic acids is 1. The molecule has 1 heterocycles. The first-order chi connectivity index (χ1) is 9.78. The van der Waals surface area contributed by atoms with E-state index in [2.05, 4.69) is 11.8 Å². The average Bonchev–Trinajstić information content (AvgIpc) is 2.50. The summed E-state index contributed by atoms with van der Waals surface area (Å²) in [5, 5.41) is 0. The van der Waals surface area contributed by atoms with Crippen molar-refractivity contribution in [2.24, 2.45) is 11.8 Å². The van der Waals surface area contributed by atoms with Crippen LogP contribution in [0, 0.1) is 11.8 Å². The minimum Gasteiger partial charge on any atom is -0.375 e. The number of Topliss-reactive ketones (excluding diaryl/α,β-unsaturated/α-hetero) is 1. The Balaban J connectivity index is 1.61. The monoisotopic (exact) mass is 279 g/mol. The Kier molecular flexibility index (Phi) is 4.77. The zero-order valence-corrected chi connectivity index (χ0v) is 12.9. The summed E-state index contributed by atoms with van der Waals surface area (Å²) in [6.45, 7) is 5.16. The van der Waals surface area contributed by atoms with E-state index in [0.717, 1.165) is 44.9 Å². The molecule has 3 nitrogen and oxygen atoms in total. The first-order valence-corrected chi connectivity index (χ1v) is 8.66. The fourth-order valence-corrected chi connectivity index (χ4v) is 4.44. The first-order valence-electron chi connectivity index (χ1n) is 8.66. The average molecular weight is 279 g/mol. The van der Waals surface area contributed by atoms with Crippen molar-refractivity contribution >= 4 is 5.78 Å². The zero-order valence-electron chi connectivity index (χ0n) is 12.9. The summed E-state index contributed by atoms with van der Waals surface area (Å²) < 4.78 is 5.94. The molecule has 3 aliphatic rings. The number of ketones is 1. The summed E-state index contributed by atoms with van der Waals surface area (Å²) >= 11 is 0. The summed E-state index contributed by atoms with van der Waals surface area (Å²) in [7, 11) is 0. The zero-order chi connectivity index (χ0) is 13.9. The maximum absolute atomic E-state index is 12.2. The molecule has 4 unspecified atom stereocenters. The third kappa shape index (κ3) is 3.09. The molecule has 4 atom stereocenters. The van der Waals surface area contributed by atoms with Crippen LogP contribution in [0.3, 0.4) is 0 Å². The summed E-state index contributed by atoms with van der Waals surface area (Å²) in [5.74, 6) is 1.60. The van der Waals surface area contributed by atoms with Crippen LogP contribution in [-0.2, 0) is 9.53 Å². The van der Waals surface area contributed by atoms with E-state index >= 15 is 0 Å². The summed E-state index contributed by atoms with van der Waals surface area (Å²) in [4.78, 5) is 14.8. The van der Waals surface area contributed by atoms with E-state index in [1.54, 1.807) is 0 Å². The fourth-order valence-electron chi connectivity index (χ4n) is 4.44. The normalized spacial score (nSPS) is 39.5. The standard InChI is InChI=1S/C17H29NO2/c1-2-13-7-8-16(19)14(11-13)12-18-9-10-20-17-6-4-3-5-15(17)18/h13-15,17H,2-12H2,1H3. The van der Waals surface area contributed by atoms with Crippen LogP contribution in [-0.4, -0.2) is 42.5 Å². The quantitative estimate of drug-likeness (QED) is 0.795. The van der Waals surface area contributed by atoms with Gasteiger partial charge in [0, 0.05) is 31.5 Å². The van der Waals surface area contributed by atoms with Gasteiger partial charge in [-0.3, -0.25) is 9.69 Å². The number of nitrogens with zero attached hydrogens (tertiary/aromatic N) is 1. The Morgan fingerprint density at radius 1 is 1.25 bits per heavy atom. The Labute approximate surface area is 123 Å². The van der Waals surface area contributed by atoms with E-state index in [1.807, 2.05) is 0 Å².